The van der Waals surface area contributed by atoms with Gasteiger partial charge in [0.2, 0.25) is 0 Å². The van der Waals surface area contributed by atoms with Crippen LogP contribution in [0.25, 0.3) is 0 Å². The van der Waals surface area contributed by atoms with E-state index in [0.29, 0.717) is 5.56 Å². The molecule has 0 aliphatic rings. The van der Waals surface area contributed by atoms with E-state index < -0.39 is 10.5 Å². The van der Waals surface area contributed by atoms with Crippen LogP contribution in [0.3, 0.4) is 0 Å². The highest BCUT2D eigenvalue weighted by Gasteiger charge is 2.16. The first-order valence-corrected chi connectivity index (χ1v) is 4.70. The second-order valence-corrected chi connectivity index (χ2v) is 3.74. The van der Waals surface area contributed by atoms with E-state index in [1.807, 2.05) is 6.92 Å². The number of benzene rings is 1. The van der Waals surface area contributed by atoms with Crippen LogP contribution in [-0.2, 0) is 0 Å². The molecule has 2 nitrogen and oxygen atoms in total. The van der Waals surface area contributed by atoms with Crippen molar-refractivity contribution in [1.29, 1.82) is 0 Å². The van der Waals surface area contributed by atoms with Gasteiger partial charge in [0.15, 0.2) is 0 Å². The monoisotopic (exact) mass is 230 g/mol. The van der Waals surface area contributed by atoms with Crippen LogP contribution < -0.4 is 0 Å². The number of rotatable bonds is 2. The third kappa shape index (κ3) is 2.14. The molecule has 0 fully saturated rings. The van der Waals surface area contributed by atoms with Gasteiger partial charge in [0, 0.05) is 11.1 Å². The fourth-order valence-corrected chi connectivity index (χ4v) is 1.78. The average molecular weight is 231 g/mol. The average Bonchev–Trinajstić information content (AvgIpc) is 2.01. The Morgan fingerprint density at radius 3 is 2.07 bits per heavy atom. The number of halogens is 2. The zero-order chi connectivity index (χ0) is 10.9. The van der Waals surface area contributed by atoms with Crippen LogP contribution >= 0.6 is 23.2 Å². The van der Waals surface area contributed by atoms with E-state index >= 15 is 0 Å². The Morgan fingerprint density at radius 1 is 1.07 bits per heavy atom. The second kappa shape index (κ2) is 4.11. The summed E-state index contributed by atoms with van der Waals surface area (Å²) in [5, 5.41) is -1.33. The molecule has 0 saturated heterocycles. The van der Waals surface area contributed by atoms with Crippen molar-refractivity contribution < 1.29 is 9.59 Å². The van der Waals surface area contributed by atoms with E-state index in [-0.39, 0.29) is 11.1 Å². The van der Waals surface area contributed by atoms with E-state index in [0.717, 1.165) is 5.56 Å². The maximum Gasteiger partial charge on any atom is 0.253 e. The number of hydrogen-bond donors (Lipinski definition) is 0. The SMILES string of the molecule is Cc1cc(C)c(C(=O)Cl)c(C(=O)Cl)c1. The van der Waals surface area contributed by atoms with Crippen LogP contribution in [-0.4, -0.2) is 10.5 Å². The van der Waals surface area contributed by atoms with Gasteiger partial charge in [-0.05, 0) is 48.7 Å². The largest absolute Gasteiger partial charge is 0.276 e. The van der Waals surface area contributed by atoms with Gasteiger partial charge in [-0.1, -0.05) is 11.6 Å². The van der Waals surface area contributed by atoms with Gasteiger partial charge in [-0.15, -0.1) is 0 Å². The zero-order valence-corrected chi connectivity index (χ0v) is 9.24. The molecule has 14 heavy (non-hydrogen) atoms. The molecule has 1 rings (SSSR count). The molecule has 0 atom stereocenters. The van der Waals surface area contributed by atoms with Gasteiger partial charge in [-0.25, -0.2) is 0 Å². The standard InChI is InChI=1S/C10H8Cl2O2/c1-5-3-6(2)8(10(12)14)7(4-5)9(11)13/h3-4H,1-2H3. The summed E-state index contributed by atoms with van der Waals surface area (Å²) in [5.41, 5.74) is 1.89. The third-order valence-corrected chi connectivity index (χ3v) is 2.28. The lowest BCUT2D eigenvalue weighted by Crippen LogP contribution is -2.04. The van der Waals surface area contributed by atoms with Gasteiger partial charge >= 0.3 is 0 Å². The maximum atomic E-state index is 11.1. The molecule has 1 aromatic carbocycles. The van der Waals surface area contributed by atoms with Crippen molar-refractivity contribution in [2.24, 2.45) is 0 Å². The molecule has 0 radical (unpaired) electrons. The van der Waals surface area contributed by atoms with Gasteiger partial charge in [0.25, 0.3) is 10.5 Å². The molecule has 0 amide bonds. The molecule has 0 aromatic heterocycles. The molecule has 0 saturated carbocycles. The van der Waals surface area contributed by atoms with Crippen molar-refractivity contribution >= 4 is 33.7 Å². The minimum absolute atomic E-state index is 0.171. The first-order valence-electron chi connectivity index (χ1n) is 3.94. The van der Waals surface area contributed by atoms with Gasteiger partial charge in [-0.3, -0.25) is 9.59 Å². The molecule has 0 N–H and O–H groups in total. The summed E-state index contributed by atoms with van der Waals surface area (Å²) in [7, 11) is 0. The summed E-state index contributed by atoms with van der Waals surface area (Å²) >= 11 is 10.7. The Kier molecular flexibility index (Phi) is 3.29. The smallest absolute Gasteiger partial charge is 0.253 e. The summed E-state index contributed by atoms with van der Waals surface area (Å²) in [6.07, 6.45) is 0. The number of carbonyl (C=O) groups is 2. The molecular weight excluding hydrogens is 223 g/mol. The van der Waals surface area contributed by atoms with Gasteiger partial charge < -0.3 is 0 Å². The molecule has 0 unspecified atom stereocenters. The first kappa shape index (κ1) is 11.2. The highest BCUT2D eigenvalue weighted by Crippen LogP contribution is 2.20. The predicted molar refractivity (Wildman–Crippen MR) is 56.3 cm³/mol. The van der Waals surface area contributed by atoms with Crippen molar-refractivity contribution in [2.75, 3.05) is 0 Å². The topological polar surface area (TPSA) is 34.1 Å². The van der Waals surface area contributed by atoms with Crippen LogP contribution in [0.15, 0.2) is 12.1 Å². The van der Waals surface area contributed by atoms with Crippen molar-refractivity contribution in [2.45, 2.75) is 13.8 Å². The van der Waals surface area contributed by atoms with Crippen LogP contribution in [0.4, 0.5) is 0 Å². The minimum Gasteiger partial charge on any atom is -0.276 e. The Bertz CT molecular complexity index is 411. The molecule has 0 spiro atoms. The van der Waals surface area contributed by atoms with Crippen molar-refractivity contribution in [3.8, 4) is 0 Å². The Hall–Kier alpha value is -0.860. The Labute approximate surface area is 91.8 Å². The van der Waals surface area contributed by atoms with Crippen molar-refractivity contribution in [1.82, 2.24) is 0 Å². The van der Waals surface area contributed by atoms with E-state index in [1.165, 1.54) is 0 Å². The minimum atomic E-state index is -0.666. The van der Waals surface area contributed by atoms with E-state index in [2.05, 4.69) is 0 Å². The highest BCUT2D eigenvalue weighted by molar-refractivity contribution is 6.72. The van der Waals surface area contributed by atoms with E-state index in [1.54, 1.807) is 19.1 Å². The lowest BCUT2D eigenvalue weighted by molar-refractivity contribution is 0.105. The molecule has 0 heterocycles. The van der Waals surface area contributed by atoms with Gasteiger partial charge in [0.05, 0.1) is 0 Å². The molecule has 4 heteroatoms. The number of carbonyl (C=O) groups excluding carboxylic acids is 2. The maximum absolute atomic E-state index is 11.1. The summed E-state index contributed by atoms with van der Waals surface area (Å²) in [6, 6.07) is 3.33. The second-order valence-electron chi connectivity index (χ2n) is 3.05. The quantitative estimate of drug-likeness (QED) is 0.733. The van der Waals surface area contributed by atoms with E-state index in [9.17, 15) is 9.59 Å². The lowest BCUT2D eigenvalue weighted by Gasteiger charge is -2.06. The van der Waals surface area contributed by atoms with E-state index in [4.69, 9.17) is 23.2 Å². The zero-order valence-electron chi connectivity index (χ0n) is 7.73. The van der Waals surface area contributed by atoms with Gasteiger partial charge in [-0.2, -0.15) is 0 Å². The lowest BCUT2D eigenvalue weighted by atomic mass is 10.0. The predicted octanol–water partition coefficient (Wildman–Crippen LogP) is 3.06. The summed E-state index contributed by atoms with van der Waals surface area (Å²) in [5.74, 6) is 0. The van der Waals surface area contributed by atoms with Gasteiger partial charge in [0.1, 0.15) is 0 Å². The first-order chi connectivity index (χ1) is 6.43. The highest BCUT2D eigenvalue weighted by atomic mass is 35.5. The molecular formula is C10H8Cl2O2. The van der Waals surface area contributed by atoms with Crippen LogP contribution in [0.1, 0.15) is 31.8 Å². The normalized spacial score (nSPS) is 10.0. The summed E-state index contributed by atoms with van der Waals surface area (Å²) in [6.45, 7) is 3.53. The van der Waals surface area contributed by atoms with Crippen molar-refractivity contribution in [3.63, 3.8) is 0 Å². The Balaban J connectivity index is 3.52. The fraction of sp³-hybridized carbons (Fsp3) is 0.200. The molecule has 1 aromatic rings. The number of hydrogen-bond acceptors (Lipinski definition) is 2. The fourth-order valence-electron chi connectivity index (χ4n) is 1.38. The third-order valence-electron chi connectivity index (χ3n) is 1.89. The summed E-state index contributed by atoms with van der Waals surface area (Å²) < 4.78 is 0. The summed E-state index contributed by atoms with van der Waals surface area (Å²) in [4.78, 5) is 22.1. The van der Waals surface area contributed by atoms with Crippen LogP contribution in [0, 0.1) is 13.8 Å². The number of aryl methyl sites for hydroxylation is 2. The molecule has 74 valence electrons. The van der Waals surface area contributed by atoms with Crippen LogP contribution in [0.2, 0.25) is 0 Å². The van der Waals surface area contributed by atoms with Crippen molar-refractivity contribution in [3.05, 3.63) is 34.4 Å². The van der Waals surface area contributed by atoms with Crippen LogP contribution in [0.5, 0.6) is 0 Å². The molecule has 0 aliphatic carbocycles. The Morgan fingerprint density at radius 2 is 1.64 bits per heavy atom. The molecule has 0 aliphatic heterocycles. The molecule has 0 bridgehead atoms.